The molecule has 0 aromatic rings. The molecule has 0 aromatic heterocycles. The SMILES string of the molecule is O=P([O-])([O-])[O-].[K+].[K+].[K+].[K+].[OH-]. The summed E-state index contributed by atoms with van der Waals surface area (Å²) in [5.41, 5.74) is 0. The number of phosphoric acid groups is 1. The van der Waals surface area contributed by atoms with Crippen molar-refractivity contribution in [2.45, 2.75) is 0 Å². The fraction of sp³-hybridized carbons (Fsp3) is 0. The molecule has 1 N–H and O–H groups in total. The molecule has 0 aliphatic rings. The van der Waals surface area contributed by atoms with Crippen molar-refractivity contribution in [1.82, 2.24) is 0 Å². The molecular weight excluding hydrogens is 267 g/mol. The molecule has 10 heteroatoms. The molecule has 0 saturated heterocycles. The van der Waals surface area contributed by atoms with Crippen molar-refractivity contribution in [2.75, 3.05) is 0 Å². The summed E-state index contributed by atoms with van der Waals surface area (Å²) in [7, 11) is -5.39. The summed E-state index contributed by atoms with van der Waals surface area (Å²) < 4.78 is 8.55. The molecule has 0 saturated carbocycles. The summed E-state index contributed by atoms with van der Waals surface area (Å²) >= 11 is 0. The predicted molar refractivity (Wildman–Crippen MR) is 9.54 cm³/mol. The van der Waals surface area contributed by atoms with Crippen molar-refractivity contribution in [2.24, 2.45) is 0 Å². The first-order valence-electron chi connectivity index (χ1n) is 0.730. The van der Waals surface area contributed by atoms with E-state index in [-0.39, 0.29) is 211 Å². The smallest absolute Gasteiger partial charge is 0.870 e. The molecule has 0 fully saturated rings. The van der Waals surface area contributed by atoms with Gasteiger partial charge in [0.1, 0.15) is 0 Å². The second kappa shape index (κ2) is 21.0. The van der Waals surface area contributed by atoms with Crippen molar-refractivity contribution in [3.63, 3.8) is 0 Å². The first-order valence-corrected chi connectivity index (χ1v) is 2.19. The van der Waals surface area contributed by atoms with Crippen molar-refractivity contribution < 1.29 is 230 Å². The van der Waals surface area contributed by atoms with Gasteiger partial charge in [-0.1, -0.05) is 0 Å². The Morgan fingerprint density at radius 3 is 0.800 bits per heavy atom. The van der Waals surface area contributed by atoms with E-state index < -0.39 is 7.82 Å². The summed E-state index contributed by atoms with van der Waals surface area (Å²) in [5, 5.41) is 0. The molecular formula is HK4O5P. The molecule has 5 nitrogen and oxygen atoms in total. The van der Waals surface area contributed by atoms with Crippen LogP contribution >= 0.6 is 7.82 Å². The normalized spacial score (nSPS) is 5.90. The Labute approximate surface area is 229 Å². The molecule has 0 spiro atoms. The van der Waals surface area contributed by atoms with Crippen molar-refractivity contribution >= 4 is 7.82 Å². The first kappa shape index (κ1) is 36.0. The molecule has 0 heterocycles. The van der Waals surface area contributed by atoms with E-state index in [9.17, 15) is 0 Å². The van der Waals surface area contributed by atoms with Crippen molar-refractivity contribution in [3.8, 4) is 0 Å². The Morgan fingerprint density at radius 2 is 0.800 bits per heavy atom. The molecule has 0 aliphatic heterocycles. The first-order chi connectivity index (χ1) is 2.00. The summed E-state index contributed by atoms with van der Waals surface area (Å²) in [6.07, 6.45) is 0. The quantitative estimate of drug-likeness (QED) is 0.319. The van der Waals surface area contributed by atoms with Gasteiger partial charge in [0.2, 0.25) is 0 Å². The maximum atomic E-state index is 8.55. The van der Waals surface area contributed by atoms with Crippen LogP contribution in [-0.4, -0.2) is 5.48 Å². The van der Waals surface area contributed by atoms with Gasteiger partial charge in [-0.2, -0.15) is 7.82 Å². The molecule has 10 heavy (non-hydrogen) atoms. The third kappa shape index (κ3) is 61.9. The third-order valence-electron chi connectivity index (χ3n) is 0. The fourth-order valence-corrected chi connectivity index (χ4v) is 0. The minimum Gasteiger partial charge on any atom is -0.870 e. The number of hydrogen-bond donors (Lipinski definition) is 0. The van der Waals surface area contributed by atoms with E-state index in [1.165, 1.54) is 0 Å². The van der Waals surface area contributed by atoms with Crippen LogP contribution in [0.2, 0.25) is 0 Å². The number of hydrogen-bond acceptors (Lipinski definition) is 5. The zero-order chi connectivity index (χ0) is 4.50. The summed E-state index contributed by atoms with van der Waals surface area (Å²) in [6, 6.07) is 0. The molecule has 0 amide bonds. The minimum atomic E-state index is -5.39. The van der Waals surface area contributed by atoms with Crippen LogP contribution in [0.1, 0.15) is 0 Å². The largest absolute Gasteiger partial charge is 1.00 e. The van der Waals surface area contributed by atoms with Crippen LogP contribution in [0.3, 0.4) is 0 Å². The van der Waals surface area contributed by atoms with Crippen LogP contribution in [0.5, 0.6) is 0 Å². The van der Waals surface area contributed by atoms with Gasteiger partial charge in [0.05, 0.1) is 0 Å². The topological polar surface area (TPSA) is 116 Å². The zero-order valence-electron chi connectivity index (χ0n) is 6.53. The zero-order valence-corrected chi connectivity index (χ0v) is 19.9. The van der Waals surface area contributed by atoms with E-state index in [0.29, 0.717) is 0 Å². The van der Waals surface area contributed by atoms with Gasteiger partial charge in [-0.15, -0.1) is 0 Å². The van der Waals surface area contributed by atoms with Gasteiger partial charge in [-0.3, -0.25) is 0 Å². The van der Waals surface area contributed by atoms with Gasteiger partial charge in [-0.05, 0) is 0 Å². The maximum absolute atomic E-state index is 8.55. The van der Waals surface area contributed by atoms with Crippen LogP contribution in [0.25, 0.3) is 0 Å². The van der Waals surface area contributed by atoms with Gasteiger partial charge in [0.25, 0.3) is 0 Å². The van der Waals surface area contributed by atoms with Gasteiger partial charge in [0, 0.05) is 0 Å². The van der Waals surface area contributed by atoms with Crippen LogP contribution in [0, 0.1) is 0 Å². The molecule has 40 valence electrons. The third-order valence-corrected chi connectivity index (χ3v) is 0. The van der Waals surface area contributed by atoms with E-state index >= 15 is 0 Å². The Morgan fingerprint density at radius 1 is 0.800 bits per heavy atom. The van der Waals surface area contributed by atoms with E-state index in [0.717, 1.165) is 0 Å². The summed E-state index contributed by atoms with van der Waals surface area (Å²) in [5.74, 6) is 0. The van der Waals surface area contributed by atoms with Gasteiger partial charge in [-0.25, -0.2) is 0 Å². The van der Waals surface area contributed by atoms with E-state index in [4.69, 9.17) is 19.2 Å². The second-order valence-electron chi connectivity index (χ2n) is 0.447. The molecule has 0 aromatic carbocycles. The predicted octanol–water partition coefficient (Wildman–Crippen LogP) is -15.0. The van der Waals surface area contributed by atoms with Crippen molar-refractivity contribution in [1.29, 1.82) is 0 Å². The average Bonchev–Trinajstić information content (AvgIpc) is 0.722. The molecule has 0 unspecified atom stereocenters. The Kier molecular flexibility index (Phi) is 75.4. The average molecular weight is 268 g/mol. The minimum absolute atomic E-state index is 0. The Hall–Kier alpha value is 6.62. The summed E-state index contributed by atoms with van der Waals surface area (Å²) in [4.78, 5) is 25.6. The van der Waals surface area contributed by atoms with Crippen LogP contribution in [-0.2, 0) is 4.57 Å². The van der Waals surface area contributed by atoms with Gasteiger partial charge >= 0.3 is 206 Å². The summed E-state index contributed by atoms with van der Waals surface area (Å²) in [6.45, 7) is 0. The van der Waals surface area contributed by atoms with Gasteiger partial charge < -0.3 is 24.7 Å². The monoisotopic (exact) mass is 268 g/mol. The standard InChI is InChI=1S/4K.H3O4P.H2O/c;;;;1-5(2,3)4;/h;;;;(H3,1,2,3,4);1H2/q4*+1;;/p-4. The second-order valence-corrected chi connectivity index (χ2v) is 1.34. The van der Waals surface area contributed by atoms with Crippen molar-refractivity contribution in [3.05, 3.63) is 0 Å². The number of rotatable bonds is 0. The van der Waals surface area contributed by atoms with Gasteiger partial charge in [0.15, 0.2) is 0 Å². The van der Waals surface area contributed by atoms with Crippen LogP contribution in [0.15, 0.2) is 0 Å². The molecule has 0 atom stereocenters. The van der Waals surface area contributed by atoms with E-state index in [2.05, 4.69) is 0 Å². The fourth-order valence-electron chi connectivity index (χ4n) is 0. The molecule has 0 rings (SSSR count). The Balaban J connectivity index is -0.00000000800. The maximum Gasteiger partial charge on any atom is 1.00 e. The van der Waals surface area contributed by atoms with E-state index in [1.807, 2.05) is 0 Å². The molecule has 0 bridgehead atoms. The van der Waals surface area contributed by atoms with E-state index in [1.54, 1.807) is 0 Å². The van der Waals surface area contributed by atoms with Crippen LogP contribution in [0.4, 0.5) is 0 Å². The molecule has 0 aliphatic carbocycles. The van der Waals surface area contributed by atoms with Crippen LogP contribution < -0.4 is 220 Å². The molecule has 0 radical (unpaired) electrons. The Bertz CT molecular complexity index is 59.8.